The molecule has 100 valence electrons. The number of hydrogen-bond donors (Lipinski definition) is 2. The van der Waals surface area contributed by atoms with Crippen molar-refractivity contribution >= 4 is 17.0 Å². The number of nitrogens with zero attached hydrogens (tertiary/aromatic N) is 1. The van der Waals surface area contributed by atoms with Gasteiger partial charge in [-0.25, -0.2) is 14.2 Å². The normalized spacial score (nSPS) is 19.7. The third-order valence-corrected chi connectivity index (χ3v) is 2.92. The Morgan fingerprint density at radius 2 is 2.32 bits per heavy atom. The Hall–Kier alpha value is -1.99. The van der Waals surface area contributed by atoms with Gasteiger partial charge in [0, 0.05) is 0 Å². The van der Waals surface area contributed by atoms with Crippen molar-refractivity contribution in [3.63, 3.8) is 0 Å². The Morgan fingerprint density at radius 3 is 3.00 bits per heavy atom. The first kappa shape index (κ1) is 12.1. The van der Waals surface area contributed by atoms with Crippen LogP contribution >= 0.6 is 0 Å². The first-order valence-corrected chi connectivity index (χ1v) is 5.77. The molecule has 0 spiro atoms. The van der Waals surface area contributed by atoms with Crippen molar-refractivity contribution in [2.75, 3.05) is 19.8 Å². The molecular formula is C12H11FN2O4. The summed E-state index contributed by atoms with van der Waals surface area (Å²) in [5.74, 6) is -1.40. The molecule has 1 aliphatic heterocycles. The molecule has 6 nitrogen and oxygen atoms in total. The molecule has 0 amide bonds. The smallest absolute Gasteiger partial charge is 0.338 e. The topological polar surface area (TPSA) is 84.4 Å². The highest BCUT2D eigenvalue weighted by molar-refractivity contribution is 6.00. The van der Waals surface area contributed by atoms with Crippen molar-refractivity contribution in [3.8, 4) is 0 Å². The van der Waals surface area contributed by atoms with Crippen molar-refractivity contribution in [1.82, 2.24) is 9.97 Å². The minimum Gasteiger partial charge on any atom is -0.478 e. The number of aromatic carboxylic acids is 1. The monoisotopic (exact) mass is 266 g/mol. The number of rotatable bonds is 2. The minimum atomic E-state index is -1.22. The van der Waals surface area contributed by atoms with Gasteiger partial charge >= 0.3 is 5.97 Å². The predicted octanol–water partition coefficient (Wildman–Crippen LogP) is 1.49. The lowest BCUT2D eigenvalue weighted by Gasteiger charge is -2.20. The largest absolute Gasteiger partial charge is 0.478 e. The van der Waals surface area contributed by atoms with Crippen LogP contribution in [0, 0.1) is 5.82 Å². The van der Waals surface area contributed by atoms with E-state index in [9.17, 15) is 9.18 Å². The molecule has 0 radical (unpaired) electrons. The molecule has 1 aromatic carbocycles. The molecular weight excluding hydrogens is 255 g/mol. The van der Waals surface area contributed by atoms with E-state index in [1.54, 1.807) is 0 Å². The van der Waals surface area contributed by atoms with Crippen molar-refractivity contribution in [3.05, 3.63) is 29.3 Å². The third-order valence-electron chi connectivity index (χ3n) is 2.92. The molecule has 1 saturated heterocycles. The highest BCUT2D eigenvalue weighted by Gasteiger charge is 2.22. The maximum absolute atomic E-state index is 13.3. The van der Waals surface area contributed by atoms with Crippen LogP contribution in [0.5, 0.6) is 0 Å². The van der Waals surface area contributed by atoms with Gasteiger partial charge in [-0.05, 0) is 12.1 Å². The van der Waals surface area contributed by atoms with Gasteiger partial charge in [0.15, 0.2) is 0 Å². The molecule has 7 heteroatoms. The molecule has 1 atom stereocenters. The quantitative estimate of drug-likeness (QED) is 0.860. The number of carboxylic acid groups (broad SMARTS) is 1. The van der Waals surface area contributed by atoms with Crippen LogP contribution in [0.1, 0.15) is 22.3 Å². The summed E-state index contributed by atoms with van der Waals surface area (Å²) in [7, 11) is 0. The van der Waals surface area contributed by atoms with Crippen LogP contribution in [0.15, 0.2) is 12.1 Å². The molecule has 1 fully saturated rings. The average molecular weight is 266 g/mol. The fourth-order valence-electron chi connectivity index (χ4n) is 2.06. The molecule has 0 aliphatic carbocycles. The van der Waals surface area contributed by atoms with Crippen LogP contribution in [0.4, 0.5) is 4.39 Å². The van der Waals surface area contributed by atoms with E-state index in [0.29, 0.717) is 31.2 Å². The molecule has 0 bridgehead atoms. The Kier molecular flexibility index (Phi) is 2.92. The Morgan fingerprint density at radius 1 is 1.47 bits per heavy atom. The number of fused-ring (bicyclic) bond motifs is 1. The van der Waals surface area contributed by atoms with Gasteiger partial charge in [-0.3, -0.25) is 0 Å². The van der Waals surface area contributed by atoms with Crippen molar-refractivity contribution < 1.29 is 23.8 Å². The maximum atomic E-state index is 13.3. The summed E-state index contributed by atoms with van der Waals surface area (Å²) in [5.41, 5.74) is 0.383. The highest BCUT2D eigenvalue weighted by Crippen LogP contribution is 2.24. The van der Waals surface area contributed by atoms with Gasteiger partial charge in [0.05, 0.1) is 30.9 Å². The molecule has 1 aromatic heterocycles. The molecule has 1 unspecified atom stereocenters. The summed E-state index contributed by atoms with van der Waals surface area (Å²) in [6.07, 6.45) is -0.383. The first-order valence-electron chi connectivity index (χ1n) is 5.77. The first-order chi connectivity index (χ1) is 9.15. The lowest BCUT2D eigenvalue weighted by Crippen LogP contribution is -2.22. The minimum absolute atomic E-state index is 0.172. The zero-order valence-corrected chi connectivity index (χ0v) is 9.85. The SMILES string of the molecule is O=C(O)c1cc(F)cc2[nH]c(C3COCCO3)nc12. The van der Waals surface area contributed by atoms with Crippen LogP contribution in [-0.4, -0.2) is 40.9 Å². The second-order valence-corrected chi connectivity index (χ2v) is 4.21. The predicted molar refractivity (Wildman–Crippen MR) is 62.5 cm³/mol. The number of carboxylic acids is 1. The van der Waals surface area contributed by atoms with E-state index in [4.69, 9.17) is 14.6 Å². The van der Waals surface area contributed by atoms with E-state index in [-0.39, 0.29) is 17.2 Å². The van der Waals surface area contributed by atoms with Crippen LogP contribution < -0.4 is 0 Å². The Balaban J connectivity index is 2.09. The van der Waals surface area contributed by atoms with Crippen molar-refractivity contribution in [1.29, 1.82) is 0 Å². The number of ether oxygens (including phenoxy) is 2. The van der Waals surface area contributed by atoms with Crippen molar-refractivity contribution in [2.45, 2.75) is 6.10 Å². The number of H-pyrrole nitrogens is 1. The summed E-state index contributed by atoms with van der Waals surface area (Å²) in [4.78, 5) is 18.1. The molecule has 2 N–H and O–H groups in total. The van der Waals surface area contributed by atoms with Gasteiger partial charge in [0.1, 0.15) is 23.3 Å². The number of imidazole rings is 1. The summed E-state index contributed by atoms with van der Waals surface area (Å²) in [6, 6.07) is 2.16. The summed E-state index contributed by atoms with van der Waals surface area (Å²) < 4.78 is 24.1. The molecule has 2 aromatic rings. The zero-order valence-electron chi connectivity index (χ0n) is 9.85. The number of nitrogens with one attached hydrogen (secondary N) is 1. The molecule has 0 saturated carbocycles. The van der Waals surface area contributed by atoms with Crippen LogP contribution in [0.3, 0.4) is 0 Å². The standard InChI is InChI=1S/C12H11FN2O4/c13-6-3-7(12(16)17)10-8(4-6)14-11(15-10)9-5-18-1-2-19-9/h3-4,9H,1-2,5H2,(H,14,15)(H,16,17). The fourth-order valence-corrected chi connectivity index (χ4v) is 2.06. The van der Waals surface area contributed by atoms with E-state index in [0.717, 1.165) is 6.07 Å². The molecule has 2 heterocycles. The lowest BCUT2D eigenvalue weighted by molar-refractivity contribution is -0.0931. The summed E-state index contributed by atoms with van der Waals surface area (Å²) in [5, 5.41) is 9.05. The highest BCUT2D eigenvalue weighted by atomic mass is 19.1. The Labute approximate surface area is 107 Å². The fraction of sp³-hybridized carbons (Fsp3) is 0.333. The maximum Gasteiger partial charge on any atom is 0.338 e. The number of benzene rings is 1. The second kappa shape index (κ2) is 4.60. The van der Waals surface area contributed by atoms with Crippen LogP contribution in [-0.2, 0) is 9.47 Å². The number of carbonyl (C=O) groups is 1. The van der Waals surface area contributed by atoms with Gasteiger partial charge in [0.2, 0.25) is 0 Å². The number of hydrogen-bond acceptors (Lipinski definition) is 4. The van der Waals surface area contributed by atoms with Gasteiger partial charge in [-0.1, -0.05) is 0 Å². The number of aromatic nitrogens is 2. The molecule has 3 rings (SSSR count). The lowest BCUT2D eigenvalue weighted by atomic mass is 10.2. The van der Waals surface area contributed by atoms with E-state index < -0.39 is 11.8 Å². The van der Waals surface area contributed by atoms with Gasteiger partial charge in [0.25, 0.3) is 0 Å². The zero-order chi connectivity index (χ0) is 13.4. The van der Waals surface area contributed by atoms with Gasteiger partial charge in [-0.15, -0.1) is 0 Å². The van der Waals surface area contributed by atoms with Crippen LogP contribution in [0.25, 0.3) is 11.0 Å². The van der Waals surface area contributed by atoms with E-state index in [2.05, 4.69) is 9.97 Å². The summed E-state index contributed by atoms with van der Waals surface area (Å²) in [6.45, 7) is 1.30. The number of halogens is 1. The number of aromatic amines is 1. The Bertz CT molecular complexity index is 634. The summed E-state index contributed by atoms with van der Waals surface area (Å²) >= 11 is 0. The van der Waals surface area contributed by atoms with Gasteiger partial charge < -0.3 is 19.6 Å². The van der Waals surface area contributed by atoms with E-state index in [1.807, 2.05) is 0 Å². The average Bonchev–Trinajstić information content (AvgIpc) is 2.82. The third kappa shape index (κ3) is 2.18. The second-order valence-electron chi connectivity index (χ2n) is 4.21. The van der Waals surface area contributed by atoms with Crippen molar-refractivity contribution in [2.24, 2.45) is 0 Å². The molecule has 1 aliphatic rings. The van der Waals surface area contributed by atoms with E-state index in [1.165, 1.54) is 6.07 Å². The van der Waals surface area contributed by atoms with Gasteiger partial charge in [-0.2, -0.15) is 0 Å². The molecule has 19 heavy (non-hydrogen) atoms. The van der Waals surface area contributed by atoms with E-state index >= 15 is 0 Å². The van der Waals surface area contributed by atoms with Crippen LogP contribution in [0.2, 0.25) is 0 Å².